The fourth-order valence-electron chi connectivity index (χ4n) is 5.04. The molecule has 0 aliphatic rings. The van der Waals surface area contributed by atoms with E-state index in [0.717, 1.165) is 33.8 Å². The van der Waals surface area contributed by atoms with Gasteiger partial charge in [-0.2, -0.15) is 0 Å². The summed E-state index contributed by atoms with van der Waals surface area (Å²) in [5.41, 5.74) is 5.66. The van der Waals surface area contributed by atoms with Crippen LogP contribution < -0.4 is 10.3 Å². The van der Waals surface area contributed by atoms with E-state index >= 15 is 0 Å². The van der Waals surface area contributed by atoms with Crippen LogP contribution in [0.5, 0.6) is 5.75 Å². The van der Waals surface area contributed by atoms with Gasteiger partial charge in [-0.1, -0.05) is 65.8 Å². The highest BCUT2D eigenvalue weighted by Gasteiger charge is 2.25. The molecule has 7 nitrogen and oxygen atoms in total. The number of fused-ring (bicyclic) bond motifs is 3. The fourth-order valence-corrected chi connectivity index (χ4v) is 5.04. The molecule has 0 bridgehead atoms. The Hall–Kier alpha value is -4.65. The maximum atomic E-state index is 13.2. The molecule has 0 aliphatic heterocycles. The lowest BCUT2D eigenvalue weighted by Crippen LogP contribution is -2.14. The minimum Gasteiger partial charge on any atom is -0.496 e. The fraction of sp³-hybridized carbons (Fsp3) is 0.138. The summed E-state index contributed by atoms with van der Waals surface area (Å²) in [6.07, 6.45) is 1.71. The molecule has 36 heavy (non-hydrogen) atoms. The highest BCUT2D eigenvalue weighted by molar-refractivity contribution is 5.90. The molecule has 7 heteroatoms. The molecule has 3 heterocycles. The van der Waals surface area contributed by atoms with Crippen molar-refractivity contribution in [2.75, 3.05) is 7.11 Å². The third kappa shape index (κ3) is 3.40. The second-order valence-electron chi connectivity index (χ2n) is 8.81. The van der Waals surface area contributed by atoms with Crippen LogP contribution in [0.3, 0.4) is 0 Å². The normalized spacial score (nSPS) is 11.6. The molecule has 1 N–H and O–H groups in total. The maximum absolute atomic E-state index is 13.2. The standard InChI is InChI=1S/C29H24N4O3/c1-17-26(18(2)36-32-17)22-14-21-23(15-24(22)35-3)33-25(31-29(21)34)16-30-28(33)27(19-10-6-4-7-11-19)20-12-8-5-9-13-20/h4-16,27H,1-3H3,(H,31,34). The van der Waals surface area contributed by atoms with Gasteiger partial charge in [0.2, 0.25) is 0 Å². The van der Waals surface area contributed by atoms with Crippen LogP contribution >= 0.6 is 0 Å². The smallest absolute Gasteiger partial charge is 0.258 e. The summed E-state index contributed by atoms with van der Waals surface area (Å²) in [4.78, 5) is 21.1. The van der Waals surface area contributed by atoms with E-state index in [-0.39, 0.29) is 11.5 Å². The van der Waals surface area contributed by atoms with Gasteiger partial charge in [-0.3, -0.25) is 9.20 Å². The van der Waals surface area contributed by atoms with Crippen molar-refractivity contribution in [1.29, 1.82) is 0 Å². The van der Waals surface area contributed by atoms with Crippen LogP contribution in [0.1, 0.15) is 34.3 Å². The molecular weight excluding hydrogens is 452 g/mol. The Balaban J connectivity index is 1.68. The summed E-state index contributed by atoms with van der Waals surface area (Å²) >= 11 is 0. The van der Waals surface area contributed by atoms with Gasteiger partial charge in [-0.25, -0.2) is 4.98 Å². The molecule has 6 aromatic rings. The van der Waals surface area contributed by atoms with Crippen molar-refractivity contribution in [2.45, 2.75) is 19.8 Å². The molecule has 3 aromatic carbocycles. The second kappa shape index (κ2) is 8.53. The monoisotopic (exact) mass is 476 g/mol. The average molecular weight is 477 g/mol. The molecule has 0 atom stereocenters. The van der Waals surface area contributed by atoms with E-state index in [1.807, 2.05) is 66.8 Å². The van der Waals surface area contributed by atoms with E-state index in [2.05, 4.69) is 34.4 Å². The quantitative estimate of drug-likeness (QED) is 0.348. The molecule has 178 valence electrons. The van der Waals surface area contributed by atoms with Crippen molar-refractivity contribution in [3.05, 3.63) is 118 Å². The summed E-state index contributed by atoms with van der Waals surface area (Å²) in [5, 5.41) is 4.61. The minimum atomic E-state index is -0.199. The van der Waals surface area contributed by atoms with E-state index in [0.29, 0.717) is 28.1 Å². The van der Waals surface area contributed by atoms with Gasteiger partial charge in [0.1, 0.15) is 23.0 Å². The Morgan fingerprint density at radius 3 is 2.22 bits per heavy atom. The number of benzene rings is 3. The number of nitrogens with one attached hydrogen (secondary N) is 1. The minimum absolute atomic E-state index is 0.141. The number of aryl methyl sites for hydroxylation is 2. The third-order valence-electron chi connectivity index (χ3n) is 6.66. The predicted molar refractivity (Wildman–Crippen MR) is 139 cm³/mol. The first kappa shape index (κ1) is 21.9. The summed E-state index contributed by atoms with van der Waals surface area (Å²) in [6, 6.07) is 24.3. The van der Waals surface area contributed by atoms with Gasteiger partial charge in [0.25, 0.3) is 5.56 Å². The number of H-pyrrole nitrogens is 1. The van der Waals surface area contributed by atoms with Crippen molar-refractivity contribution in [3.8, 4) is 16.9 Å². The van der Waals surface area contributed by atoms with Gasteiger partial charge >= 0.3 is 0 Å². The van der Waals surface area contributed by atoms with Crippen LogP contribution in [0, 0.1) is 13.8 Å². The zero-order chi connectivity index (χ0) is 24.8. The van der Waals surface area contributed by atoms with Crippen LogP contribution in [0.4, 0.5) is 0 Å². The number of hydrogen-bond acceptors (Lipinski definition) is 5. The number of hydrogen-bond donors (Lipinski definition) is 1. The van der Waals surface area contributed by atoms with Gasteiger partial charge in [-0.15, -0.1) is 0 Å². The second-order valence-corrected chi connectivity index (χ2v) is 8.81. The summed E-state index contributed by atoms with van der Waals surface area (Å²) in [7, 11) is 1.62. The van der Waals surface area contributed by atoms with Crippen LogP contribution in [0.2, 0.25) is 0 Å². The predicted octanol–water partition coefficient (Wildman–Crippen LogP) is 5.64. The Morgan fingerprint density at radius 2 is 1.64 bits per heavy atom. The first-order chi connectivity index (χ1) is 17.6. The van der Waals surface area contributed by atoms with E-state index < -0.39 is 0 Å². The Morgan fingerprint density at radius 1 is 0.972 bits per heavy atom. The van der Waals surface area contributed by atoms with Gasteiger partial charge < -0.3 is 14.2 Å². The van der Waals surface area contributed by atoms with E-state index in [1.54, 1.807) is 13.3 Å². The Labute approximate surface area is 207 Å². The first-order valence-corrected chi connectivity index (χ1v) is 11.7. The lowest BCUT2D eigenvalue weighted by Gasteiger charge is -2.19. The lowest BCUT2D eigenvalue weighted by molar-refractivity contribution is 0.393. The average Bonchev–Trinajstić information content (AvgIpc) is 3.47. The van der Waals surface area contributed by atoms with Gasteiger partial charge in [0.15, 0.2) is 0 Å². The molecule has 6 rings (SSSR count). The SMILES string of the molecule is COc1cc2c(cc1-c1c(C)noc1C)c(=O)[nH]c1cnc(C(c3ccccc3)c3ccccc3)n12. The van der Waals surface area contributed by atoms with E-state index in [9.17, 15) is 4.79 Å². The highest BCUT2D eigenvalue weighted by atomic mass is 16.5. The molecule has 0 spiro atoms. The van der Waals surface area contributed by atoms with Crippen LogP contribution in [0.25, 0.3) is 27.7 Å². The topological polar surface area (TPSA) is 85.4 Å². The molecule has 3 aromatic heterocycles. The number of imidazole rings is 1. The van der Waals surface area contributed by atoms with Gasteiger partial charge in [0, 0.05) is 11.6 Å². The van der Waals surface area contributed by atoms with Crippen molar-refractivity contribution >= 4 is 16.6 Å². The molecule has 0 amide bonds. The Bertz CT molecular complexity index is 1710. The molecule has 0 saturated heterocycles. The highest BCUT2D eigenvalue weighted by Crippen LogP contribution is 2.38. The van der Waals surface area contributed by atoms with Crippen LogP contribution in [-0.4, -0.2) is 26.6 Å². The number of ether oxygens (including phenoxy) is 1. The summed E-state index contributed by atoms with van der Waals surface area (Å²) in [5.74, 6) is 1.95. The van der Waals surface area contributed by atoms with E-state index in [4.69, 9.17) is 14.2 Å². The maximum Gasteiger partial charge on any atom is 0.258 e. The largest absolute Gasteiger partial charge is 0.496 e. The van der Waals surface area contributed by atoms with Crippen molar-refractivity contribution in [2.24, 2.45) is 0 Å². The molecule has 0 saturated carbocycles. The van der Waals surface area contributed by atoms with Crippen molar-refractivity contribution in [1.82, 2.24) is 19.5 Å². The van der Waals surface area contributed by atoms with Crippen molar-refractivity contribution in [3.63, 3.8) is 0 Å². The van der Waals surface area contributed by atoms with Crippen molar-refractivity contribution < 1.29 is 9.26 Å². The molecule has 0 fully saturated rings. The number of rotatable bonds is 5. The molecule has 0 unspecified atom stereocenters. The summed E-state index contributed by atoms with van der Waals surface area (Å²) in [6.45, 7) is 3.73. The number of aromatic amines is 1. The van der Waals surface area contributed by atoms with E-state index in [1.165, 1.54) is 0 Å². The lowest BCUT2D eigenvalue weighted by atomic mass is 9.90. The summed E-state index contributed by atoms with van der Waals surface area (Å²) < 4.78 is 13.2. The number of nitrogens with zero attached hydrogens (tertiary/aromatic N) is 3. The van der Waals surface area contributed by atoms with Gasteiger partial charge in [0.05, 0.1) is 41.4 Å². The van der Waals surface area contributed by atoms with Crippen LogP contribution in [0.15, 0.2) is 88.3 Å². The van der Waals surface area contributed by atoms with Gasteiger partial charge in [-0.05, 0) is 31.0 Å². The molecule has 0 radical (unpaired) electrons. The molecule has 0 aliphatic carbocycles. The number of aromatic nitrogens is 4. The third-order valence-corrected chi connectivity index (χ3v) is 6.66. The molecular formula is C29H24N4O3. The Kier molecular flexibility index (Phi) is 5.18. The zero-order valence-electron chi connectivity index (χ0n) is 20.1. The number of methoxy groups -OCH3 is 1. The van der Waals surface area contributed by atoms with Crippen LogP contribution in [-0.2, 0) is 0 Å². The zero-order valence-corrected chi connectivity index (χ0v) is 20.1. The first-order valence-electron chi connectivity index (χ1n) is 11.7.